The second-order valence-corrected chi connectivity index (χ2v) is 4.59. The summed E-state index contributed by atoms with van der Waals surface area (Å²) in [6.07, 6.45) is 5.78. The number of hydrogen-bond donors (Lipinski definition) is 0. The summed E-state index contributed by atoms with van der Waals surface area (Å²) in [4.78, 5) is 24.7. The van der Waals surface area contributed by atoms with Gasteiger partial charge in [-0.3, -0.25) is 19.7 Å². The highest BCUT2D eigenvalue weighted by Crippen LogP contribution is 2.09. The molecule has 21 heavy (non-hydrogen) atoms. The molecule has 0 unspecified atom stereocenters. The number of carbonyl (C=O) groups is 1. The quantitative estimate of drug-likeness (QED) is 0.687. The van der Waals surface area contributed by atoms with Crippen LogP contribution in [0.25, 0.3) is 0 Å². The van der Waals surface area contributed by atoms with Gasteiger partial charge in [-0.1, -0.05) is 18.2 Å². The smallest absolute Gasteiger partial charge is 0.229 e. The molecule has 0 aliphatic heterocycles. The molecule has 0 aliphatic rings. The van der Waals surface area contributed by atoms with Gasteiger partial charge in [0, 0.05) is 30.7 Å². The summed E-state index contributed by atoms with van der Waals surface area (Å²) in [5.74, 6) is -0.167. The maximum Gasteiger partial charge on any atom is 0.229 e. The fourth-order valence-electron chi connectivity index (χ4n) is 2.00. The summed E-state index contributed by atoms with van der Waals surface area (Å²) in [7, 11) is 0. The first-order chi connectivity index (χ1) is 10.3. The Hall–Kier alpha value is -2.88. The van der Waals surface area contributed by atoms with E-state index >= 15 is 0 Å². The number of rotatable bonds is 4. The molecule has 0 aromatic carbocycles. The van der Waals surface area contributed by atoms with Crippen LogP contribution in [0.2, 0.25) is 0 Å². The number of pyridine rings is 3. The molecule has 0 radical (unpaired) electrons. The molecule has 3 aromatic rings. The van der Waals surface area contributed by atoms with Crippen LogP contribution in [-0.2, 0) is 6.42 Å². The van der Waals surface area contributed by atoms with E-state index in [0.29, 0.717) is 17.8 Å². The highest BCUT2D eigenvalue weighted by molar-refractivity contribution is 6.06. The van der Waals surface area contributed by atoms with Gasteiger partial charge in [0.25, 0.3) is 0 Å². The van der Waals surface area contributed by atoms with E-state index in [1.54, 1.807) is 42.9 Å². The lowest BCUT2D eigenvalue weighted by atomic mass is 10.1. The third kappa shape index (κ3) is 3.17. The molecule has 102 valence electrons. The number of nitrogens with zero attached hydrogens (tertiary/aromatic N) is 3. The molecular formula is C17H13N3O. The van der Waals surface area contributed by atoms with Gasteiger partial charge in [0.05, 0.1) is 0 Å². The summed E-state index contributed by atoms with van der Waals surface area (Å²) in [6.45, 7) is 0. The van der Waals surface area contributed by atoms with Crippen LogP contribution >= 0.6 is 0 Å². The highest BCUT2D eigenvalue weighted by atomic mass is 16.1. The summed E-state index contributed by atoms with van der Waals surface area (Å²) in [5, 5.41) is 0. The Labute approximate surface area is 122 Å². The predicted molar refractivity (Wildman–Crippen MR) is 78.9 cm³/mol. The summed E-state index contributed by atoms with van der Waals surface area (Å²) in [6, 6.07) is 14.7. The van der Waals surface area contributed by atoms with Gasteiger partial charge in [-0.15, -0.1) is 0 Å². The Morgan fingerprint density at radius 3 is 2.19 bits per heavy atom. The summed E-state index contributed by atoms with van der Waals surface area (Å²) in [5.41, 5.74) is 2.80. The molecule has 0 saturated carbocycles. The molecule has 3 heterocycles. The molecule has 4 heteroatoms. The van der Waals surface area contributed by atoms with Gasteiger partial charge in [-0.05, 0) is 35.9 Å². The molecule has 0 saturated heterocycles. The Bertz CT molecular complexity index is 725. The number of hydrogen-bond acceptors (Lipinski definition) is 4. The van der Waals surface area contributed by atoms with E-state index < -0.39 is 0 Å². The van der Waals surface area contributed by atoms with Crippen LogP contribution < -0.4 is 0 Å². The van der Waals surface area contributed by atoms with E-state index in [0.717, 1.165) is 11.3 Å². The standard InChI is InChI=1S/C17H13N3O/c21-17(15-6-2-4-10-19-15)16-8-7-13(12-20-16)11-14-5-1-3-9-18-14/h1-10,12H,11H2. The first kappa shape index (κ1) is 13.1. The van der Waals surface area contributed by atoms with Crippen molar-refractivity contribution in [3.8, 4) is 0 Å². The second-order valence-electron chi connectivity index (χ2n) is 4.59. The molecule has 4 nitrogen and oxygen atoms in total. The average Bonchev–Trinajstić information content (AvgIpc) is 2.57. The van der Waals surface area contributed by atoms with Gasteiger partial charge in [0.2, 0.25) is 5.78 Å². The molecule has 0 aliphatic carbocycles. The van der Waals surface area contributed by atoms with Crippen LogP contribution in [0, 0.1) is 0 Å². The molecule has 3 rings (SSSR count). The lowest BCUT2D eigenvalue weighted by Crippen LogP contribution is -2.06. The molecule has 0 fully saturated rings. The minimum absolute atomic E-state index is 0.167. The molecule has 0 spiro atoms. The fourth-order valence-corrected chi connectivity index (χ4v) is 2.00. The zero-order valence-corrected chi connectivity index (χ0v) is 11.3. The Morgan fingerprint density at radius 1 is 0.810 bits per heavy atom. The Morgan fingerprint density at radius 2 is 1.57 bits per heavy atom. The van der Waals surface area contributed by atoms with E-state index in [-0.39, 0.29) is 5.78 Å². The Balaban J connectivity index is 1.77. The largest absolute Gasteiger partial charge is 0.285 e. The molecule has 0 N–H and O–H groups in total. The van der Waals surface area contributed by atoms with E-state index in [2.05, 4.69) is 15.0 Å². The van der Waals surface area contributed by atoms with E-state index in [9.17, 15) is 4.79 Å². The number of carbonyl (C=O) groups excluding carboxylic acids is 1. The van der Waals surface area contributed by atoms with Crippen molar-refractivity contribution in [2.75, 3.05) is 0 Å². The van der Waals surface area contributed by atoms with Crippen LogP contribution in [0.1, 0.15) is 27.4 Å². The van der Waals surface area contributed by atoms with Gasteiger partial charge in [0.1, 0.15) is 11.4 Å². The van der Waals surface area contributed by atoms with Crippen molar-refractivity contribution in [2.45, 2.75) is 6.42 Å². The first-order valence-corrected chi connectivity index (χ1v) is 6.63. The van der Waals surface area contributed by atoms with Gasteiger partial charge in [0.15, 0.2) is 0 Å². The van der Waals surface area contributed by atoms with Crippen LogP contribution in [0.3, 0.4) is 0 Å². The predicted octanol–water partition coefficient (Wildman–Crippen LogP) is 2.69. The molecular weight excluding hydrogens is 262 g/mol. The van der Waals surface area contributed by atoms with Crippen LogP contribution in [0.15, 0.2) is 67.1 Å². The molecule has 0 atom stereocenters. The second kappa shape index (κ2) is 6.05. The van der Waals surface area contributed by atoms with Gasteiger partial charge >= 0.3 is 0 Å². The number of aromatic nitrogens is 3. The molecule has 0 amide bonds. The maximum absolute atomic E-state index is 12.2. The van der Waals surface area contributed by atoms with Crippen molar-refractivity contribution >= 4 is 5.78 Å². The third-order valence-corrected chi connectivity index (χ3v) is 3.07. The van der Waals surface area contributed by atoms with Crippen LogP contribution in [0.4, 0.5) is 0 Å². The van der Waals surface area contributed by atoms with Crippen molar-refractivity contribution in [1.29, 1.82) is 0 Å². The van der Waals surface area contributed by atoms with Crippen molar-refractivity contribution in [3.63, 3.8) is 0 Å². The normalized spacial score (nSPS) is 10.3. The van der Waals surface area contributed by atoms with Crippen molar-refractivity contribution in [3.05, 3.63) is 89.8 Å². The zero-order valence-electron chi connectivity index (χ0n) is 11.3. The summed E-state index contributed by atoms with van der Waals surface area (Å²) >= 11 is 0. The summed E-state index contributed by atoms with van der Waals surface area (Å²) < 4.78 is 0. The topological polar surface area (TPSA) is 55.7 Å². The maximum atomic E-state index is 12.2. The minimum Gasteiger partial charge on any atom is -0.285 e. The van der Waals surface area contributed by atoms with Crippen LogP contribution in [-0.4, -0.2) is 20.7 Å². The van der Waals surface area contributed by atoms with E-state index in [1.165, 1.54) is 0 Å². The van der Waals surface area contributed by atoms with Crippen molar-refractivity contribution < 1.29 is 4.79 Å². The lowest BCUT2D eigenvalue weighted by molar-refractivity contribution is 0.103. The van der Waals surface area contributed by atoms with Crippen LogP contribution in [0.5, 0.6) is 0 Å². The third-order valence-electron chi connectivity index (χ3n) is 3.07. The monoisotopic (exact) mass is 275 g/mol. The fraction of sp³-hybridized carbons (Fsp3) is 0.0588. The highest BCUT2D eigenvalue weighted by Gasteiger charge is 2.11. The SMILES string of the molecule is O=C(c1ccccn1)c1ccc(Cc2ccccn2)cn1. The lowest BCUT2D eigenvalue weighted by Gasteiger charge is -2.03. The molecule has 3 aromatic heterocycles. The first-order valence-electron chi connectivity index (χ1n) is 6.63. The molecule has 0 bridgehead atoms. The zero-order chi connectivity index (χ0) is 14.5. The van der Waals surface area contributed by atoms with E-state index in [1.807, 2.05) is 24.3 Å². The van der Waals surface area contributed by atoms with Gasteiger partial charge < -0.3 is 0 Å². The van der Waals surface area contributed by atoms with Gasteiger partial charge in [-0.2, -0.15) is 0 Å². The van der Waals surface area contributed by atoms with E-state index in [4.69, 9.17) is 0 Å². The minimum atomic E-state index is -0.167. The van der Waals surface area contributed by atoms with Gasteiger partial charge in [-0.25, -0.2) is 0 Å². The van der Waals surface area contributed by atoms with Crippen molar-refractivity contribution in [2.24, 2.45) is 0 Å². The number of ketones is 1. The Kier molecular flexibility index (Phi) is 3.78. The average molecular weight is 275 g/mol. The van der Waals surface area contributed by atoms with Crippen molar-refractivity contribution in [1.82, 2.24) is 15.0 Å².